The number of piperidine rings is 1. The van der Waals surface area contributed by atoms with Gasteiger partial charge in [0.25, 0.3) is 5.91 Å². The molecule has 7 aliphatic rings. The highest BCUT2D eigenvalue weighted by Gasteiger charge is 2.66. The molecular weight excluding hydrogens is 708 g/mol. The summed E-state index contributed by atoms with van der Waals surface area (Å²) in [6.45, 7) is 2.77. The van der Waals surface area contributed by atoms with Gasteiger partial charge in [0, 0.05) is 75.4 Å². The number of alkyl halides is 4. The van der Waals surface area contributed by atoms with Crippen molar-refractivity contribution in [1.29, 1.82) is 0 Å². The van der Waals surface area contributed by atoms with Crippen LogP contribution in [0.1, 0.15) is 79.4 Å². The third kappa shape index (κ3) is 5.82. The van der Waals surface area contributed by atoms with E-state index >= 15 is 4.39 Å². The highest BCUT2D eigenvalue weighted by molar-refractivity contribution is 6.00. The molecule has 2 amide bonds. The SMILES string of the molecule is NC(=O)C1(NC(=O)c2cnc(N3CC4(CCOCC4)c4cc(OC5CCN(c6ncccn6)CC5)ccc43)nc2C(F)(F)F)[C@H]2CC3C[C@H]1CC(F)(C3)C2. The largest absolute Gasteiger partial charge is 0.490 e. The van der Waals surface area contributed by atoms with Gasteiger partial charge in [-0.05, 0) is 92.5 Å². The molecule has 4 aliphatic carbocycles. The van der Waals surface area contributed by atoms with Crippen molar-refractivity contribution in [2.24, 2.45) is 23.5 Å². The number of aromatic nitrogens is 4. The topological polar surface area (TPSA) is 149 Å². The van der Waals surface area contributed by atoms with Crippen LogP contribution in [0.2, 0.25) is 0 Å². The molecule has 54 heavy (non-hydrogen) atoms. The van der Waals surface area contributed by atoms with E-state index in [0.717, 1.165) is 37.7 Å². The summed E-state index contributed by atoms with van der Waals surface area (Å²) in [5, 5.41) is 2.61. The fraction of sp³-hybridized carbons (Fsp3) is 0.579. The number of carbonyl (C=O) groups is 2. The summed E-state index contributed by atoms with van der Waals surface area (Å²) in [6, 6.07) is 7.42. The van der Waals surface area contributed by atoms with Gasteiger partial charge in [-0.3, -0.25) is 9.59 Å². The van der Waals surface area contributed by atoms with E-state index in [2.05, 4.69) is 30.2 Å². The van der Waals surface area contributed by atoms with Crippen LogP contribution in [0.3, 0.4) is 0 Å². The summed E-state index contributed by atoms with van der Waals surface area (Å²) in [6.07, 6.45) is 3.48. The van der Waals surface area contributed by atoms with Gasteiger partial charge in [0.1, 0.15) is 23.1 Å². The second-order valence-corrected chi connectivity index (χ2v) is 16.1. The van der Waals surface area contributed by atoms with Crippen LogP contribution >= 0.6 is 0 Å². The third-order valence-electron chi connectivity index (χ3n) is 13.0. The number of halogens is 4. The van der Waals surface area contributed by atoms with Crippen molar-refractivity contribution in [3.63, 3.8) is 0 Å². The van der Waals surface area contributed by atoms with Crippen molar-refractivity contribution < 1.29 is 36.6 Å². The highest BCUT2D eigenvalue weighted by atomic mass is 19.4. The van der Waals surface area contributed by atoms with Gasteiger partial charge in [0.05, 0.1) is 5.56 Å². The van der Waals surface area contributed by atoms with Crippen LogP contribution in [0.4, 0.5) is 35.1 Å². The monoisotopic (exact) mass is 750 g/mol. The first-order chi connectivity index (χ1) is 25.9. The lowest BCUT2D eigenvalue weighted by Gasteiger charge is -2.61. The predicted molar refractivity (Wildman–Crippen MR) is 187 cm³/mol. The Morgan fingerprint density at radius 3 is 2.33 bits per heavy atom. The zero-order chi connectivity index (χ0) is 37.5. The fourth-order valence-electron chi connectivity index (χ4n) is 10.6. The quantitative estimate of drug-likeness (QED) is 0.315. The fourth-order valence-corrected chi connectivity index (χ4v) is 10.6. The molecule has 3 aromatic rings. The molecule has 10 rings (SSSR count). The Labute approximate surface area is 309 Å². The molecule has 2 saturated heterocycles. The van der Waals surface area contributed by atoms with Crippen molar-refractivity contribution >= 4 is 29.4 Å². The molecule has 3 N–H and O–H groups in total. The molecule has 16 heteroatoms. The number of rotatable bonds is 7. The van der Waals surface area contributed by atoms with Gasteiger partial charge in [-0.15, -0.1) is 0 Å². The molecule has 4 saturated carbocycles. The average molecular weight is 751 g/mol. The Bertz CT molecular complexity index is 1940. The number of nitrogens with two attached hydrogens (primary N) is 1. The number of ether oxygens (including phenoxy) is 2. The average Bonchev–Trinajstić information content (AvgIpc) is 3.45. The van der Waals surface area contributed by atoms with Crippen LogP contribution in [0.25, 0.3) is 0 Å². The number of nitrogens with one attached hydrogen (secondary N) is 1. The number of fused-ring (bicyclic) bond motifs is 2. The summed E-state index contributed by atoms with van der Waals surface area (Å²) in [5.41, 5.74) is 1.69. The van der Waals surface area contributed by atoms with Gasteiger partial charge >= 0.3 is 6.18 Å². The Balaban J connectivity index is 0.990. The van der Waals surface area contributed by atoms with E-state index in [0.29, 0.717) is 69.2 Å². The number of nitrogens with zero attached hydrogens (tertiary/aromatic N) is 6. The maximum atomic E-state index is 15.5. The van der Waals surface area contributed by atoms with Gasteiger partial charge in [-0.2, -0.15) is 13.2 Å². The lowest BCUT2D eigenvalue weighted by atomic mass is 9.47. The van der Waals surface area contributed by atoms with Crippen LogP contribution < -0.4 is 25.6 Å². The minimum absolute atomic E-state index is 0.0294. The van der Waals surface area contributed by atoms with Gasteiger partial charge in [-0.1, -0.05) is 0 Å². The number of primary amides is 1. The molecular formula is C38H42F4N8O4. The molecule has 4 bridgehead atoms. The molecule has 286 valence electrons. The smallest absolute Gasteiger partial charge is 0.434 e. The van der Waals surface area contributed by atoms with Crippen LogP contribution in [0, 0.1) is 17.8 Å². The number of hydrogen-bond acceptors (Lipinski definition) is 10. The number of amides is 2. The summed E-state index contributed by atoms with van der Waals surface area (Å²) in [7, 11) is 0. The molecule has 2 atom stereocenters. The van der Waals surface area contributed by atoms with E-state index in [1.165, 1.54) is 0 Å². The molecule has 6 fully saturated rings. The predicted octanol–water partition coefficient (Wildman–Crippen LogP) is 5.04. The molecule has 3 aliphatic heterocycles. The first-order valence-corrected chi connectivity index (χ1v) is 18.8. The molecule has 1 spiro atoms. The molecule has 0 unspecified atom stereocenters. The Morgan fingerprint density at radius 2 is 1.69 bits per heavy atom. The summed E-state index contributed by atoms with van der Waals surface area (Å²) >= 11 is 0. The van der Waals surface area contributed by atoms with Crippen molar-refractivity contribution in [1.82, 2.24) is 25.3 Å². The van der Waals surface area contributed by atoms with Gasteiger partial charge < -0.3 is 30.3 Å². The minimum atomic E-state index is -5.03. The lowest BCUT2D eigenvalue weighted by Crippen LogP contribution is -2.74. The number of anilines is 3. The van der Waals surface area contributed by atoms with Crippen molar-refractivity contribution in [2.45, 2.75) is 86.7 Å². The van der Waals surface area contributed by atoms with Crippen molar-refractivity contribution in [2.75, 3.05) is 42.6 Å². The van der Waals surface area contributed by atoms with E-state index in [9.17, 15) is 22.8 Å². The second kappa shape index (κ2) is 12.7. The maximum Gasteiger partial charge on any atom is 0.434 e. The summed E-state index contributed by atoms with van der Waals surface area (Å²) in [5.74, 6) is -2.01. The van der Waals surface area contributed by atoms with Crippen LogP contribution in [-0.2, 0) is 21.1 Å². The van der Waals surface area contributed by atoms with Crippen LogP contribution in [-0.4, -0.2) is 81.9 Å². The first-order valence-electron chi connectivity index (χ1n) is 18.8. The Kier molecular flexibility index (Phi) is 8.28. The van der Waals surface area contributed by atoms with Gasteiger partial charge in [0.15, 0.2) is 5.69 Å². The highest BCUT2D eigenvalue weighted by Crippen LogP contribution is 2.61. The zero-order valence-electron chi connectivity index (χ0n) is 29.7. The van der Waals surface area contributed by atoms with Gasteiger partial charge in [0.2, 0.25) is 17.8 Å². The van der Waals surface area contributed by atoms with E-state index in [1.54, 1.807) is 23.4 Å². The number of carbonyl (C=O) groups excluding carboxylic acids is 2. The summed E-state index contributed by atoms with van der Waals surface area (Å²) in [4.78, 5) is 47.7. The van der Waals surface area contributed by atoms with Crippen molar-refractivity contribution in [3.8, 4) is 5.75 Å². The van der Waals surface area contributed by atoms with E-state index in [4.69, 9.17) is 15.2 Å². The van der Waals surface area contributed by atoms with Gasteiger partial charge in [-0.25, -0.2) is 24.3 Å². The van der Waals surface area contributed by atoms with E-state index < -0.39 is 57.7 Å². The zero-order valence-corrected chi connectivity index (χ0v) is 29.7. The number of benzene rings is 1. The normalized spacial score (nSPS) is 30.0. The van der Waals surface area contributed by atoms with E-state index in [-0.39, 0.29) is 30.8 Å². The Hall–Kier alpha value is -4.60. The van der Waals surface area contributed by atoms with E-state index in [1.807, 2.05) is 18.2 Å². The van der Waals surface area contributed by atoms with Crippen LogP contribution in [0.15, 0.2) is 42.9 Å². The first kappa shape index (κ1) is 35.1. The second-order valence-electron chi connectivity index (χ2n) is 16.1. The number of hydrogen-bond donors (Lipinski definition) is 2. The third-order valence-corrected chi connectivity index (χ3v) is 13.0. The molecule has 2 aromatic heterocycles. The molecule has 0 radical (unpaired) electrons. The molecule has 1 aromatic carbocycles. The maximum absolute atomic E-state index is 15.5. The lowest BCUT2D eigenvalue weighted by molar-refractivity contribution is -0.156. The van der Waals surface area contributed by atoms with Crippen molar-refractivity contribution in [3.05, 3.63) is 59.7 Å². The minimum Gasteiger partial charge on any atom is -0.490 e. The molecule has 12 nitrogen and oxygen atoms in total. The van der Waals surface area contributed by atoms with Crippen LogP contribution in [0.5, 0.6) is 5.75 Å². The standard InChI is InChI=1S/C38H42F4N8O4/c39-36-17-22-14-23(18-36)37(32(43)52,24(15-22)19-36)48-31(51)27-20-46-34(47-30(27)38(40,41)42)50-21-35(6-12-53-13-7-35)28-16-26(2-3-29(28)50)54-25-4-10-49(11-5-25)33-44-8-1-9-45-33/h1-3,8-9,16,20,22-25H,4-7,10-15,17-19,21H2,(H2,43,52)(H,48,51)/t22?,23-,24-,36?,37?/m0/s1. The summed E-state index contributed by atoms with van der Waals surface area (Å²) < 4.78 is 72.2. The Morgan fingerprint density at radius 1 is 0.981 bits per heavy atom. The molecule has 5 heterocycles.